The maximum atomic E-state index is 12.8. The van der Waals surface area contributed by atoms with Crippen LogP contribution in [-0.4, -0.2) is 48.7 Å². The molecule has 122 valence electrons. The van der Waals surface area contributed by atoms with Gasteiger partial charge in [-0.3, -0.25) is 0 Å². The van der Waals surface area contributed by atoms with Crippen molar-refractivity contribution in [2.45, 2.75) is 25.4 Å². The number of hydrogen-bond donors (Lipinski definition) is 1. The van der Waals surface area contributed by atoms with Crippen molar-refractivity contribution in [1.82, 2.24) is 10.2 Å². The Labute approximate surface area is 135 Å². The fraction of sp³-hybridized carbons (Fsp3) is 0.562. The Morgan fingerprint density at radius 1 is 1.36 bits per heavy atom. The van der Waals surface area contributed by atoms with Crippen LogP contribution in [0.1, 0.15) is 19.3 Å². The van der Waals surface area contributed by atoms with Crippen molar-refractivity contribution < 1.29 is 13.9 Å². The third-order valence-corrected chi connectivity index (χ3v) is 4.34. The molecule has 1 heterocycles. The monoisotopic (exact) mass is 326 g/mol. The third-order valence-electron chi connectivity index (χ3n) is 3.65. The molecule has 2 rings (SSSR count). The fourth-order valence-corrected chi connectivity index (χ4v) is 2.84. The van der Waals surface area contributed by atoms with Gasteiger partial charge in [0.05, 0.1) is 0 Å². The molecule has 0 atom stereocenters. The number of hydrogen-bond acceptors (Lipinski definition) is 3. The van der Waals surface area contributed by atoms with Crippen molar-refractivity contribution in [2.75, 3.05) is 31.6 Å². The SMILES string of the molecule is CSCCCNC(=O)N1CCC(Oc2ccc(F)cc2)CC1. The van der Waals surface area contributed by atoms with E-state index in [9.17, 15) is 9.18 Å². The summed E-state index contributed by atoms with van der Waals surface area (Å²) in [6.45, 7) is 2.12. The molecule has 4 nitrogen and oxygen atoms in total. The molecule has 0 saturated carbocycles. The van der Waals surface area contributed by atoms with Crippen LogP contribution >= 0.6 is 11.8 Å². The summed E-state index contributed by atoms with van der Waals surface area (Å²) in [6, 6.07) is 6.08. The molecule has 6 heteroatoms. The van der Waals surface area contributed by atoms with E-state index in [4.69, 9.17) is 4.74 Å². The number of rotatable bonds is 6. The number of carbonyl (C=O) groups is 1. The lowest BCUT2D eigenvalue weighted by Crippen LogP contribution is -2.46. The minimum atomic E-state index is -0.264. The Bertz CT molecular complexity index is 462. The number of urea groups is 1. The zero-order valence-electron chi connectivity index (χ0n) is 12.9. The van der Waals surface area contributed by atoms with Crippen LogP contribution in [0.4, 0.5) is 9.18 Å². The minimum absolute atomic E-state index is 0.0151. The van der Waals surface area contributed by atoms with Gasteiger partial charge in [0.15, 0.2) is 0 Å². The zero-order chi connectivity index (χ0) is 15.8. The number of piperidine rings is 1. The fourth-order valence-electron chi connectivity index (χ4n) is 2.41. The van der Waals surface area contributed by atoms with Crippen LogP contribution in [0.2, 0.25) is 0 Å². The normalized spacial score (nSPS) is 15.6. The Hall–Kier alpha value is -1.43. The second kappa shape index (κ2) is 8.88. The Balaban J connectivity index is 1.68. The highest BCUT2D eigenvalue weighted by atomic mass is 32.2. The summed E-state index contributed by atoms with van der Waals surface area (Å²) in [4.78, 5) is 13.8. The third kappa shape index (κ3) is 5.40. The van der Waals surface area contributed by atoms with E-state index in [0.717, 1.165) is 31.6 Å². The molecule has 0 aromatic heterocycles. The number of nitrogens with one attached hydrogen (secondary N) is 1. The highest BCUT2D eigenvalue weighted by molar-refractivity contribution is 7.98. The summed E-state index contributed by atoms with van der Waals surface area (Å²) in [6.07, 6.45) is 4.75. The molecule has 0 spiro atoms. The molecule has 1 aliphatic heterocycles. The number of nitrogens with zero attached hydrogens (tertiary/aromatic N) is 1. The molecule has 1 N–H and O–H groups in total. The van der Waals surface area contributed by atoms with Gasteiger partial charge in [-0.15, -0.1) is 0 Å². The highest BCUT2D eigenvalue weighted by Crippen LogP contribution is 2.19. The van der Waals surface area contributed by atoms with Crippen LogP contribution in [-0.2, 0) is 0 Å². The second-order valence-corrected chi connectivity index (χ2v) is 6.32. The first-order valence-corrected chi connectivity index (χ1v) is 9.02. The quantitative estimate of drug-likeness (QED) is 0.817. The number of thioether (sulfide) groups is 1. The van der Waals surface area contributed by atoms with Crippen LogP contribution in [0.15, 0.2) is 24.3 Å². The average molecular weight is 326 g/mol. The smallest absolute Gasteiger partial charge is 0.317 e. The summed E-state index contributed by atoms with van der Waals surface area (Å²) in [7, 11) is 0. The molecule has 0 radical (unpaired) electrons. The Morgan fingerprint density at radius 3 is 2.68 bits per heavy atom. The van der Waals surface area contributed by atoms with E-state index in [2.05, 4.69) is 11.6 Å². The molecule has 0 bridgehead atoms. The lowest BCUT2D eigenvalue weighted by Gasteiger charge is -2.32. The summed E-state index contributed by atoms with van der Waals surface area (Å²) >= 11 is 1.79. The number of amides is 2. The molecule has 0 unspecified atom stereocenters. The Morgan fingerprint density at radius 2 is 2.05 bits per heavy atom. The predicted octanol–water partition coefficient (Wildman–Crippen LogP) is 3.13. The summed E-state index contributed by atoms with van der Waals surface area (Å²) in [5, 5.41) is 2.95. The van der Waals surface area contributed by atoms with Crippen molar-refractivity contribution in [2.24, 2.45) is 0 Å². The molecule has 2 amide bonds. The van der Waals surface area contributed by atoms with Gasteiger partial charge >= 0.3 is 6.03 Å². The molecule has 22 heavy (non-hydrogen) atoms. The average Bonchev–Trinajstić information content (AvgIpc) is 2.54. The summed E-state index contributed by atoms with van der Waals surface area (Å²) < 4.78 is 18.7. The standard InChI is InChI=1S/C16H23FN2O2S/c1-22-12-2-9-18-16(20)19-10-7-15(8-11-19)21-14-5-3-13(17)4-6-14/h3-6,15H,2,7-12H2,1H3,(H,18,20). The molecule has 1 aliphatic rings. The largest absolute Gasteiger partial charge is 0.490 e. The highest BCUT2D eigenvalue weighted by Gasteiger charge is 2.23. The number of ether oxygens (including phenoxy) is 1. The van der Waals surface area contributed by atoms with Gasteiger partial charge in [0.1, 0.15) is 17.7 Å². The number of halogens is 1. The van der Waals surface area contributed by atoms with Gasteiger partial charge in [-0.25, -0.2) is 9.18 Å². The van der Waals surface area contributed by atoms with Crippen molar-refractivity contribution in [3.05, 3.63) is 30.1 Å². The maximum Gasteiger partial charge on any atom is 0.317 e. The maximum absolute atomic E-state index is 12.8. The van der Waals surface area contributed by atoms with Crippen LogP contribution in [0.3, 0.4) is 0 Å². The van der Waals surface area contributed by atoms with Gasteiger partial charge in [0.25, 0.3) is 0 Å². The van der Waals surface area contributed by atoms with E-state index in [1.165, 1.54) is 12.1 Å². The van der Waals surface area contributed by atoms with Crippen molar-refractivity contribution in [3.63, 3.8) is 0 Å². The van der Waals surface area contributed by atoms with E-state index < -0.39 is 0 Å². The first-order valence-electron chi connectivity index (χ1n) is 7.63. The molecular formula is C16H23FN2O2S. The first kappa shape index (κ1) is 16.9. The minimum Gasteiger partial charge on any atom is -0.490 e. The van der Waals surface area contributed by atoms with Crippen LogP contribution in [0, 0.1) is 5.82 Å². The number of likely N-dealkylation sites (tertiary alicyclic amines) is 1. The lowest BCUT2D eigenvalue weighted by atomic mass is 10.1. The van der Waals surface area contributed by atoms with E-state index in [1.54, 1.807) is 23.9 Å². The van der Waals surface area contributed by atoms with Crippen LogP contribution in [0.5, 0.6) is 5.75 Å². The van der Waals surface area contributed by atoms with E-state index in [-0.39, 0.29) is 18.0 Å². The number of carbonyl (C=O) groups excluding carboxylic acids is 1. The molecule has 1 aromatic rings. The van der Waals surface area contributed by atoms with Crippen LogP contribution < -0.4 is 10.1 Å². The molecule has 0 aliphatic carbocycles. The van der Waals surface area contributed by atoms with E-state index in [1.807, 2.05) is 4.90 Å². The van der Waals surface area contributed by atoms with Gasteiger partial charge in [-0.1, -0.05) is 0 Å². The van der Waals surface area contributed by atoms with Crippen LogP contribution in [0.25, 0.3) is 0 Å². The molecule has 1 aromatic carbocycles. The summed E-state index contributed by atoms with van der Waals surface area (Å²) in [5.41, 5.74) is 0. The Kier molecular flexibility index (Phi) is 6.83. The first-order chi connectivity index (χ1) is 10.7. The topological polar surface area (TPSA) is 41.6 Å². The van der Waals surface area contributed by atoms with Gasteiger partial charge in [-0.2, -0.15) is 11.8 Å². The molecule has 1 fully saturated rings. The van der Waals surface area contributed by atoms with Crippen molar-refractivity contribution in [3.8, 4) is 5.75 Å². The van der Waals surface area contributed by atoms with Gasteiger partial charge in [0.2, 0.25) is 0 Å². The zero-order valence-corrected chi connectivity index (χ0v) is 13.7. The number of benzene rings is 1. The molecular weight excluding hydrogens is 303 g/mol. The van der Waals surface area contributed by atoms with Gasteiger partial charge in [0, 0.05) is 32.5 Å². The predicted molar refractivity (Wildman–Crippen MR) is 88.0 cm³/mol. The van der Waals surface area contributed by atoms with E-state index in [0.29, 0.717) is 18.8 Å². The van der Waals surface area contributed by atoms with E-state index >= 15 is 0 Å². The van der Waals surface area contributed by atoms with Gasteiger partial charge in [-0.05, 0) is 42.7 Å². The molecule has 1 saturated heterocycles. The van der Waals surface area contributed by atoms with Crippen molar-refractivity contribution >= 4 is 17.8 Å². The summed E-state index contributed by atoms with van der Waals surface area (Å²) in [5.74, 6) is 1.48. The van der Waals surface area contributed by atoms with Crippen molar-refractivity contribution in [1.29, 1.82) is 0 Å². The van der Waals surface area contributed by atoms with Gasteiger partial charge < -0.3 is 15.0 Å². The second-order valence-electron chi connectivity index (χ2n) is 5.34. The lowest BCUT2D eigenvalue weighted by molar-refractivity contribution is 0.111.